The highest BCUT2D eigenvalue weighted by Crippen LogP contribution is 2.36. The maximum absolute atomic E-state index is 12.5. The lowest BCUT2D eigenvalue weighted by molar-refractivity contribution is 0.0191. The van der Waals surface area contributed by atoms with Gasteiger partial charge in [0.2, 0.25) is 5.88 Å². The second kappa shape index (κ2) is 7.31. The van der Waals surface area contributed by atoms with Crippen LogP contribution in [0.15, 0.2) is 12.1 Å². The lowest BCUT2D eigenvalue weighted by Gasteiger charge is -2.43. The molecule has 0 saturated carbocycles. The standard InChI is InChI=1S/C19H29N3O4/c1-13-11-21(18(23)26-19(2,3)4)12-15-10-14-6-7-16(25-9-8-24-5)20-17(14)22(13)15/h6-7,13,15H,8-12H2,1-5H3/t13-,15-/m1/s1. The number of carbonyl (C=O) groups excluding carboxylic acids is 1. The van der Waals surface area contributed by atoms with E-state index in [0.717, 1.165) is 12.2 Å². The molecule has 0 aliphatic carbocycles. The lowest BCUT2D eigenvalue weighted by atomic mass is 10.1. The van der Waals surface area contributed by atoms with Crippen molar-refractivity contribution in [2.45, 2.75) is 51.8 Å². The first kappa shape index (κ1) is 18.8. The van der Waals surface area contributed by atoms with Gasteiger partial charge in [0.05, 0.1) is 12.6 Å². The molecule has 7 heteroatoms. The largest absolute Gasteiger partial charge is 0.475 e. The monoisotopic (exact) mass is 363 g/mol. The van der Waals surface area contributed by atoms with Crippen molar-refractivity contribution in [2.75, 3.05) is 38.3 Å². The van der Waals surface area contributed by atoms with E-state index in [1.165, 1.54) is 5.56 Å². The number of fused-ring (bicyclic) bond motifs is 3. The highest BCUT2D eigenvalue weighted by molar-refractivity contribution is 5.69. The van der Waals surface area contributed by atoms with E-state index in [1.54, 1.807) is 7.11 Å². The maximum Gasteiger partial charge on any atom is 0.410 e. The van der Waals surface area contributed by atoms with Gasteiger partial charge in [0.25, 0.3) is 0 Å². The minimum atomic E-state index is -0.480. The number of hydrogen-bond donors (Lipinski definition) is 0. The Morgan fingerprint density at radius 3 is 2.73 bits per heavy atom. The molecule has 1 saturated heterocycles. The molecular weight excluding hydrogens is 334 g/mol. The fourth-order valence-electron chi connectivity index (χ4n) is 3.61. The highest BCUT2D eigenvalue weighted by Gasteiger charge is 2.41. The predicted molar refractivity (Wildman–Crippen MR) is 98.8 cm³/mol. The average molecular weight is 363 g/mol. The molecule has 1 aromatic heterocycles. The van der Waals surface area contributed by atoms with Gasteiger partial charge in [-0.05, 0) is 45.7 Å². The summed E-state index contributed by atoms with van der Waals surface area (Å²) in [6, 6.07) is 4.38. The van der Waals surface area contributed by atoms with Crippen molar-refractivity contribution < 1.29 is 19.0 Å². The number of rotatable bonds is 4. The van der Waals surface area contributed by atoms with Crippen molar-refractivity contribution in [1.82, 2.24) is 9.88 Å². The van der Waals surface area contributed by atoms with Crippen LogP contribution in [-0.2, 0) is 15.9 Å². The molecule has 7 nitrogen and oxygen atoms in total. The van der Waals surface area contributed by atoms with Crippen LogP contribution in [-0.4, -0.2) is 67.1 Å². The summed E-state index contributed by atoms with van der Waals surface area (Å²) in [5.41, 5.74) is 0.721. The third-order valence-electron chi connectivity index (χ3n) is 4.60. The van der Waals surface area contributed by atoms with Crippen LogP contribution in [0.3, 0.4) is 0 Å². The van der Waals surface area contributed by atoms with Gasteiger partial charge in [-0.25, -0.2) is 4.79 Å². The van der Waals surface area contributed by atoms with E-state index < -0.39 is 5.60 Å². The summed E-state index contributed by atoms with van der Waals surface area (Å²) < 4.78 is 16.2. The van der Waals surface area contributed by atoms with Crippen molar-refractivity contribution in [3.05, 3.63) is 17.7 Å². The molecule has 26 heavy (non-hydrogen) atoms. The van der Waals surface area contributed by atoms with Crippen molar-refractivity contribution in [3.8, 4) is 5.88 Å². The topological polar surface area (TPSA) is 64.1 Å². The number of carbonyl (C=O) groups is 1. The van der Waals surface area contributed by atoms with Crippen molar-refractivity contribution in [2.24, 2.45) is 0 Å². The molecule has 2 aliphatic heterocycles. The van der Waals surface area contributed by atoms with Crippen LogP contribution in [0.4, 0.5) is 10.6 Å². The van der Waals surface area contributed by atoms with Gasteiger partial charge in [-0.3, -0.25) is 0 Å². The van der Waals surface area contributed by atoms with E-state index in [1.807, 2.05) is 31.7 Å². The normalized spacial score (nSPS) is 22.0. The van der Waals surface area contributed by atoms with Gasteiger partial charge in [-0.2, -0.15) is 4.98 Å². The van der Waals surface area contributed by atoms with Crippen LogP contribution in [0.25, 0.3) is 0 Å². The van der Waals surface area contributed by atoms with E-state index in [4.69, 9.17) is 19.2 Å². The molecular formula is C19H29N3O4. The van der Waals surface area contributed by atoms with Gasteiger partial charge in [0.15, 0.2) is 0 Å². The first-order valence-electron chi connectivity index (χ1n) is 9.16. The van der Waals surface area contributed by atoms with Crippen LogP contribution in [0.2, 0.25) is 0 Å². The minimum absolute atomic E-state index is 0.171. The Kier molecular flexibility index (Phi) is 5.27. The Labute approximate surface area is 155 Å². The summed E-state index contributed by atoms with van der Waals surface area (Å²) in [6.45, 7) is 10.1. The summed E-state index contributed by atoms with van der Waals surface area (Å²) in [7, 11) is 1.65. The summed E-state index contributed by atoms with van der Waals surface area (Å²) in [4.78, 5) is 21.3. The molecule has 144 valence electrons. The molecule has 3 rings (SSSR count). The van der Waals surface area contributed by atoms with Crippen LogP contribution in [0.5, 0.6) is 5.88 Å². The maximum atomic E-state index is 12.5. The van der Waals surface area contributed by atoms with Crippen molar-refractivity contribution >= 4 is 11.9 Å². The summed E-state index contributed by atoms with van der Waals surface area (Å²) in [5, 5.41) is 0. The van der Waals surface area contributed by atoms with Crippen LogP contribution < -0.4 is 9.64 Å². The van der Waals surface area contributed by atoms with Crippen LogP contribution in [0.1, 0.15) is 33.3 Å². The van der Waals surface area contributed by atoms with Crippen LogP contribution in [0, 0.1) is 0 Å². The zero-order valence-electron chi connectivity index (χ0n) is 16.3. The van der Waals surface area contributed by atoms with Gasteiger partial charge < -0.3 is 24.0 Å². The number of amides is 1. The minimum Gasteiger partial charge on any atom is -0.475 e. The quantitative estimate of drug-likeness (QED) is 0.766. The zero-order chi connectivity index (χ0) is 18.9. The molecule has 1 amide bonds. The number of nitrogens with zero attached hydrogens (tertiary/aromatic N) is 3. The zero-order valence-corrected chi connectivity index (χ0v) is 16.3. The van der Waals surface area contributed by atoms with Crippen molar-refractivity contribution in [3.63, 3.8) is 0 Å². The fraction of sp³-hybridized carbons (Fsp3) is 0.684. The van der Waals surface area contributed by atoms with Gasteiger partial charge in [0.1, 0.15) is 18.0 Å². The number of pyridine rings is 1. The van der Waals surface area contributed by atoms with Gasteiger partial charge >= 0.3 is 6.09 Å². The third-order valence-corrected chi connectivity index (χ3v) is 4.60. The Morgan fingerprint density at radius 2 is 2.04 bits per heavy atom. The molecule has 2 atom stereocenters. The number of ether oxygens (including phenoxy) is 3. The smallest absolute Gasteiger partial charge is 0.410 e. The summed E-state index contributed by atoms with van der Waals surface area (Å²) >= 11 is 0. The third kappa shape index (κ3) is 4.03. The number of anilines is 1. The van der Waals surface area contributed by atoms with Gasteiger partial charge in [-0.15, -0.1) is 0 Å². The predicted octanol–water partition coefficient (Wildman–Crippen LogP) is 2.48. The van der Waals surface area contributed by atoms with E-state index in [-0.39, 0.29) is 18.2 Å². The van der Waals surface area contributed by atoms with E-state index in [2.05, 4.69) is 17.9 Å². The summed E-state index contributed by atoms with van der Waals surface area (Å²) in [5.74, 6) is 1.59. The number of hydrogen-bond acceptors (Lipinski definition) is 6. The van der Waals surface area contributed by atoms with Crippen molar-refractivity contribution in [1.29, 1.82) is 0 Å². The first-order chi connectivity index (χ1) is 12.3. The van der Waals surface area contributed by atoms with Gasteiger partial charge in [-0.1, -0.05) is 0 Å². The van der Waals surface area contributed by atoms with Gasteiger partial charge in [0, 0.05) is 32.3 Å². The Hall–Kier alpha value is -2.02. The first-order valence-corrected chi connectivity index (χ1v) is 9.16. The van der Waals surface area contributed by atoms with E-state index in [0.29, 0.717) is 32.2 Å². The fourth-order valence-corrected chi connectivity index (χ4v) is 3.61. The Morgan fingerprint density at radius 1 is 1.27 bits per heavy atom. The second-order valence-electron chi connectivity index (χ2n) is 7.97. The molecule has 1 aromatic rings. The Balaban J connectivity index is 1.71. The number of methoxy groups -OCH3 is 1. The molecule has 1 fully saturated rings. The molecule has 0 aromatic carbocycles. The molecule has 3 heterocycles. The number of piperazine rings is 1. The molecule has 0 radical (unpaired) electrons. The molecule has 0 unspecified atom stereocenters. The Bertz CT molecular complexity index is 659. The lowest BCUT2D eigenvalue weighted by Crippen LogP contribution is -2.58. The SMILES string of the molecule is COCCOc1ccc2c(n1)N1[C@H](C2)CN(C(=O)OC(C)(C)C)C[C@H]1C. The van der Waals surface area contributed by atoms with E-state index >= 15 is 0 Å². The molecule has 0 spiro atoms. The number of aromatic nitrogens is 1. The average Bonchev–Trinajstić information content (AvgIpc) is 2.91. The molecule has 2 aliphatic rings. The molecule has 0 bridgehead atoms. The van der Waals surface area contributed by atoms with Crippen LogP contribution >= 0.6 is 0 Å². The highest BCUT2D eigenvalue weighted by atomic mass is 16.6. The second-order valence-corrected chi connectivity index (χ2v) is 7.97. The molecule has 0 N–H and O–H groups in total. The summed E-state index contributed by atoms with van der Waals surface area (Å²) in [6.07, 6.45) is 0.640. The van der Waals surface area contributed by atoms with E-state index in [9.17, 15) is 4.79 Å².